The van der Waals surface area contributed by atoms with Crippen molar-refractivity contribution in [3.05, 3.63) is 34.3 Å². The molecule has 0 unspecified atom stereocenters. The van der Waals surface area contributed by atoms with E-state index in [0.717, 1.165) is 30.4 Å². The molecule has 3 rings (SSSR count). The van der Waals surface area contributed by atoms with Crippen molar-refractivity contribution in [2.24, 2.45) is 0 Å². The van der Waals surface area contributed by atoms with E-state index in [-0.39, 0.29) is 24.7 Å². The first kappa shape index (κ1) is 21.5. The molecule has 1 aromatic heterocycles. The third-order valence-electron chi connectivity index (χ3n) is 4.55. The number of anilines is 1. The number of hydrogen-bond donors (Lipinski definition) is 1. The van der Waals surface area contributed by atoms with Crippen LogP contribution in [0.3, 0.4) is 0 Å². The number of aromatic nitrogens is 2. The molecule has 1 aliphatic rings. The third-order valence-corrected chi connectivity index (χ3v) is 5.56. The number of carbonyl (C=O) groups is 2. The summed E-state index contributed by atoms with van der Waals surface area (Å²) in [6, 6.07) is 7.30. The number of aryl methyl sites for hydroxylation is 1. The molecule has 1 N–H and O–H groups in total. The number of halogens is 1. The van der Waals surface area contributed by atoms with Crippen LogP contribution in [0.15, 0.2) is 24.3 Å². The molecule has 0 spiro atoms. The predicted molar refractivity (Wildman–Crippen MR) is 112 cm³/mol. The Bertz CT molecular complexity index is 822. The zero-order valence-electron chi connectivity index (χ0n) is 16.3. The van der Waals surface area contributed by atoms with Gasteiger partial charge in [-0.1, -0.05) is 22.9 Å². The second kappa shape index (κ2) is 10.5. The van der Waals surface area contributed by atoms with Crippen molar-refractivity contribution in [2.45, 2.75) is 19.8 Å². The van der Waals surface area contributed by atoms with Crippen molar-refractivity contribution in [1.29, 1.82) is 0 Å². The Morgan fingerprint density at radius 3 is 2.52 bits per heavy atom. The Balaban J connectivity index is 1.30. The normalized spacial score (nSPS) is 14.6. The summed E-state index contributed by atoms with van der Waals surface area (Å²) in [5, 5.41) is 12.3. The summed E-state index contributed by atoms with van der Waals surface area (Å²) in [4.78, 5) is 28.4. The number of rotatable bonds is 8. The molecule has 0 atom stereocenters. The molecule has 2 heterocycles. The van der Waals surface area contributed by atoms with Crippen LogP contribution < -0.4 is 10.1 Å². The minimum atomic E-state index is -0.215. The molecular weight excluding hydrogens is 414 g/mol. The van der Waals surface area contributed by atoms with E-state index >= 15 is 0 Å². The van der Waals surface area contributed by atoms with Gasteiger partial charge in [0.25, 0.3) is 0 Å². The summed E-state index contributed by atoms with van der Waals surface area (Å²) in [7, 11) is 0. The van der Waals surface area contributed by atoms with Gasteiger partial charge in [0.15, 0.2) is 0 Å². The molecule has 2 amide bonds. The fourth-order valence-electron chi connectivity index (χ4n) is 2.95. The minimum absolute atomic E-state index is 0.00524. The van der Waals surface area contributed by atoms with E-state index in [4.69, 9.17) is 16.3 Å². The highest BCUT2D eigenvalue weighted by Crippen LogP contribution is 2.16. The summed E-state index contributed by atoms with van der Waals surface area (Å²) >= 11 is 7.17. The number of ether oxygens (including phenoxy) is 1. The first-order valence-electron chi connectivity index (χ1n) is 9.48. The number of nitrogens with one attached hydrogen (secondary N) is 1. The fraction of sp³-hybridized carbons (Fsp3) is 0.474. The summed E-state index contributed by atoms with van der Waals surface area (Å²) in [5.74, 6) is 0.586. The number of nitrogens with zero attached hydrogens (tertiary/aromatic N) is 4. The maximum atomic E-state index is 12.4. The van der Waals surface area contributed by atoms with Crippen LogP contribution in [0.4, 0.5) is 5.13 Å². The number of carbonyl (C=O) groups excluding carboxylic acids is 2. The van der Waals surface area contributed by atoms with Crippen molar-refractivity contribution >= 4 is 39.9 Å². The lowest BCUT2D eigenvalue weighted by Gasteiger charge is -2.34. The van der Waals surface area contributed by atoms with Gasteiger partial charge in [0.05, 0.1) is 0 Å². The van der Waals surface area contributed by atoms with E-state index in [0.29, 0.717) is 29.9 Å². The van der Waals surface area contributed by atoms with Crippen LogP contribution in [0, 0.1) is 6.92 Å². The van der Waals surface area contributed by atoms with E-state index in [1.807, 2.05) is 24.0 Å². The third kappa shape index (κ3) is 6.95. The average molecular weight is 438 g/mol. The molecule has 10 heteroatoms. The number of piperazine rings is 1. The molecule has 1 aromatic carbocycles. The Morgan fingerprint density at radius 2 is 1.86 bits per heavy atom. The SMILES string of the molecule is Cc1nnc(NC(=O)CCC(=O)N2CCN(CCOc3ccc(Cl)cc3)CC2)s1. The second-order valence-electron chi connectivity index (χ2n) is 6.70. The van der Waals surface area contributed by atoms with Crippen molar-refractivity contribution in [3.8, 4) is 5.75 Å². The van der Waals surface area contributed by atoms with E-state index in [2.05, 4.69) is 20.4 Å². The van der Waals surface area contributed by atoms with Gasteiger partial charge in [-0.05, 0) is 31.2 Å². The molecule has 29 heavy (non-hydrogen) atoms. The molecule has 0 saturated carbocycles. The highest BCUT2D eigenvalue weighted by atomic mass is 35.5. The summed E-state index contributed by atoms with van der Waals surface area (Å²) in [5.41, 5.74) is 0. The average Bonchev–Trinajstić information content (AvgIpc) is 3.12. The van der Waals surface area contributed by atoms with E-state index in [1.165, 1.54) is 11.3 Å². The first-order valence-corrected chi connectivity index (χ1v) is 10.7. The molecule has 1 saturated heterocycles. The van der Waals surface area contributed by atoms with E-state index in [9.17, 15) is 9.59 Å². The molecular formula is C19H24ClN5O3S. The van der Waals surface area contributed by atoms with Gasteiger partial charge >= 0.3 is 0 Å². The lowest BCUT2D eigenvalue weighted by molar-refractivity contribution is -0.134. The van der Waals surface area contributed by atoms with Crippen LogP contribution in [-0.4, -0.2) is 71.1 Å². The van der Waals surface area contributed by atoms with Crippen LogP contribution in [0.2, 0.25) is 5.02 Å². The predicted octanol–water partition coefficient (Wildman–Crippen LogP) is 2.44. The Labute approximate surface area is 178 Å². The molecule has 0 radical (unpaired) electrons. The van der Waals surface area contributed by atoms with Crippen LogP contribution in [0.1, 0.15) is 17.8 Å². The lowest BCUT2D eigenvalue weighted by atomic mass is 10.2. The van der Waals surface area contributed by atoms with Crippen LogP contribution in [0.25, 0.3) is 0 Å². The second-order valence-corrected chi connectivity index (χ2v) is 8.32. The molecule has 8 nitrogen and oxygen atoms in total. The molecule has 1 fully saturated rings. The largest absolute Gasteiger partial charge is 0.492 e. The zero-order valence-corrected chi connectivity index (χ0v) is 17.8. The number of hydrogen-bond acceptors (Lipinski definition) is 7. The van der Waals surface area contributed by atoms with Crippen molar-refractivity contribution < 1.29 is 14.3 Å². The standard InChI is InChI=1S/C19H24ClN5O3S/c1-14-22-23-19(29-14)21-17(26)6-7-18(27)25-10-8-24(9-11-25)12-13-28-16-4-2-15(20)3-5-16/h2-5H,6-13H2,1H3,(H,21,23,26). The smallest absolute Gasteiger partial charge is 0.226 e. The van der Waals surface area contributed by atoms with Crippen LogP contribution in [-0.2, 0) is 9.59 Å². The van der Waals surface area contributed by atoms with Gasteiger partial charge in [0, 0.05) is 50.6 Å². The maximum Gasteiger partial charge on any atom is 0.226 e. The van der Waals surface area contributed by atoms with E-state index < -0.39 is 0 Å². The Kier molecular flexibility index (Phi) is 7.79. The summed E-state index contributed by atoms with van der Waals surface area (Å²) < 4.78 is 5.72. The highest BCUT2D eigenvalue weighted by Gasteiger charge is 2.21. The quantitative estimate of drug-likeness (QED) is 0.682. The number of benzene rings is 1. The van der Waals surface area contributed by atoms with Gasteiger partial charge in [0.2, 0.25) is 16.9 Å². The Morgan fingerprint density at radius 1 is 1.14 bits per heavy atom. The summed E-state index contributed by atoms with van der Waals surface area (Å²) in [6.07, 6.45) is 0.343. The van der Waals surface area contributed by atoms with Crippen molar-refractivity contribution in [3.63, 3.8) is 0 Å². The minimum Gasteiger partial charge on any atom is -0.492 e. The molecule has 2 aromatic rings. The first-order chi connectivity index (χ1) is 14.0. The fourth-order valence-corrected chi connectivity index (χ4v) is 3.69. The number of amides is 2. The molecule has 1 aliphatic heterocycles. The molecule has 0 aliphatic carbocycles. The van der Waals surface area contributed by atoms with Crippen molar-refractivity contribution in [2.75, 3.05) is 44.6 Å². The van der Waals surface area contributed by atoms with Crippen LogP contribution >= 0.6 is 22.9 Å². The van der Waals surface area contributed by atoms with Crippen LogP contribution in [0.5, 0.6) is 5.75 Å². The van der Waals surface area contributed by atoms with Gasteiger partial charge in [-0.25, -0.2) is 0 Å². The van der Waals surface area contributed by atoms with Gasteiger partial charge in [-0.2, -0.15) is 0 Å². The topological polar surface area (TPSA) is 87.7 Å². The maximum absolute atomic E-state index is 12.4. The lowest BCUT2D eigenvalue weighted by Crippen LogP contribution is -2.49. The van der Waals surface area contributed by atoms with Gasteiger partial charge in [-0.3, -0.25) is 14.5 Å². The van der Waals surface area contributed by atoms with Gasteiger partial charge in [-0.15, -0.1) is 10.2 Å². The molecule has 156 valence electrons. The van der Waals surface area contributed by atoms with Gasteiger partial charge < -0.3 is 15.0 Å². The van der Waals surface area contributed by atoms with Gasteiger partial charge in [0.1, 0.15) is 17.4 Å². The summed E-state index contributed by atoms with van der Waals surface area (Å²) in [6.45, 7) is 6.13. The zero-order chi connectivity index (χ0) is 20.6. The Hall–Kier alpha value is -2.23. The molecule has 0 bridgehead atoms. The van der Waals surface area contributed by atoms with Crippen molar-refractivity contribution in [1.82, 2.24) is 20.0 Å². The monoisotopic (exact) mass is 437 g/mol. The van der Waals surface area contributed by atoms with E-state index in [1.54, 1.807) is 12.1 Å². The highest BCUT2D eigenvalue weighted by molar-refractivity contribution is 7.15.